The SMILES string of the molecule is Cc1cc(NC(=O)Nc2ccc(C)c(Cl)c2)nc(C)n1. The third-order valence-electron chi connectivity index (χ3n) is 2.64. The number of halogens is 1. The highest BCUT2D eigenvalue weighted by molar-refractivity contribution is 6.31. The third-order valence-corrected chi connectivity index (χ3v) is 3.04. The predicted molar refractivity (Wildman–Crippen MR) is 80.3 cm³/mol. The Morgan fingerprint density at radius 2 is 1.85 bits per heavy atom. The Balaban J connectivity index is 2.06. The predicted octanol–water partition coefficient (Wildman–Crippen LogP) is 3.70. The average molecular weight is 291 g/mol. The van der Waals surface area contributed by atoms with Crippen LogP contribution in [0.25, 0.3) is 0 Å². The van der Waals surface area contributed by atoms with E-state index in [9.17, 15) is 4.79 Å². The minimum absolute atomic E-state index is 0.373. The van der Waals surface area contributed by atoms with Crippen LogP contribution in [0.5, 0.6) is 0 Å². The molecule has 2 N–H and O–H groups in total. The first-order chi connectivity index (χ1) is 9.44. The van der Waals surface area contributed by atoms with E-state index in [-0.39, 0.29) is 6.03 Å². The van der Waals surface area contributed by atoms with Gasteiger partial charge in [-0.2, -0.15) is 0 Å². The second kappa shape index (κ2) is 5.88. The van der Waals surface area contributed by atoms with Crippen molar-refractivity contribution in [2.75, 3.05) is 10.6 Å². The second-order valence-electron chi connectivity index (χ2n) is 4.48. The zero-order chi connectivity index (χ0) is 14.7. The summed E-state index contributed by atoms with van der Waals surface area (Å²) in [5.74, 6) is 1.07. The summed E-state index contributed by atoms with van der Waals surface area (Å²) in [5, 5.41) is 5.97. The van der Waals surface area contributed by atoms with Crippen molar-refractivity contribution in [3.8, 4) is 0 Å². The van der Waals surface area contributed by atoms with Crippen LogP contribution in [0.15, 0.2) is 24.3 Å². The molecule has 2 amide bonds. The first kappa shape index (κ1) is 14.3. The van der Waals surface area contributed by atoms with E-state index in [0.29, 0.717) is 22.4 Å². The molecule has 0 radical (unpaired) electrons. The Morgan fingerprint density at radius 1 is 1.10 bits per heavy atom. The number of hydrogen-bond donors (Lipinski definition) is 2. The molecule has 0 saturated carbocycles. The number of amides is 2. The van der Waals surface area contributed by atoms with Gasteiger partial charge >= 0.3 is 6.03 Å². The number of aryl methyl sites for hydroxylation is 3. The van der Waals surface area contributed by atoms with Crippen LogP contribution in [0.4, 0.5) is 16.3 Å². The number of nitrogens with zero attached hydrogens (tertiary/aromatic N) is 2. The van der Waals surface area contributed by atoms with E-state index in [2.05, 4.69) is 20.6 Å². The van der Waals surface area contributed by atoms with Gasteiger partial charge in [-0.3, -0.25) is 5.32 Å². The van der Waals surface area contributed by atoms with Gasteiger partial charge in [0.15, 0.2) is 0 Å². The Morgan fingerprint density at radius 3 is 2.50 bits per heavy atom. The number of nitrogens with one attached hydrogen (secondary N) is 2. The topological polar surface area (TPSA) is 66.9 Å². The zero-order valence-corrected chi connectivity index (χ0v) is 12.2. The van der Waals surface area contributed by atoms with Crippen molar-refractivity contribution in [2.24, 2.45) is 0 Å². The van der Waals surface area contributed by atoms with Gasteiger partial charge in [0.05, 0.1) is 0 Å². The number of carbonyl (C=O) groups is 1. The van der Waals surface area contributed by atoms with E-state index in [4.69, 9.17) is 11.6 Å². The van der Waals surface area contributed by atoms with Crippen LogP contribution in [0.1, 0.15) is 17.1 Å². The molecule has 1 aromatic carbocycles. The summed E-state index contributed by atoms with van der Waals surface area (Å²) in [5.41, 5.74) is 2.38. The highest BCUT2D eigenvalue weighted by atomic mass is 35.5. The Labute approximate surface area is 122 Å². The molecule has 0 unspecified atom stereocenters. The maximum atomic E-state index is 11.9. The van der Waals surface area contributed by atoms with Crippen LogP contribution in [0, 0.1) is 20.8 Å². The first-order valence-corrected chi connectivity index (χ1v) is 6.48. The van der Waals surface area contributed by atoms with Gasteiger partial charge in [0.1, 0.15) is 11.6 Å². The number of urea groups is 1. The van der Waals surface area contributed by atoms with Gasteiger partial charge in [-0.15, -0.1) is 0 Å². The number of benzene rings is 1. The Bertz CT molecular complexity index is 637. The highest BCUT2D eigenvalue weighted by Crippen LogP contribution is 2.20. The minimum atomic E-state index is -0.373. The van der Waals surface area contributed by atoms with E-state index in [1.54, 1.807) is 25.1 Å². The summed E-state index contributed by atoms with van der Waals surface area (Å²) < 4.78 is 0. The van der Waals surface area contributed by atoms with Gasteiger partial charge < -0.3 is 5.32 Å². The zero-order valence-electron chi connectivity index (χ0n) is 11.5. The number of anilines is 2. The summed E-state index contributed by atoms with van der Waals surface area (Å²) in [6.07, 6.45) is 0. The summed E-state index contributed by atoms with van der Waals surface area (Å²) in [4.78, 5) is 20.2. The number of aromatic nitrogens is 2. The molecule has 2 aromatic rings. The van der Waals surface area contributed by atoms with Gasteiger partial charge in [-0.25, -0.2) is 14.8 Å². The lowest BCUT2D eigenvalue weighted by atomic mass is 10.2. The molecule has 1 heterocycles. The fraction of sp³-hybridized carbons (Fsp3) is 0.214. The van der Waals surface area contributed by atoms with Crippen LogP contribution in [0.3, 0.4) is 0 Å². The number of hydrogen-bond acceptors (Lipinski definition) is 3. The number of rotatable bonds is 2. The van der Waals surface area contributed by atoms with Crippen molar-refractivity contribution in [3.63, 3.8) is 0 Å². The lowest BCUT2D eigenvalue weighted by Gasteiger charge is -2.09. The molecule has 6 heteroatoms. The van der Waals surface area contributed by atoms with Crippen molar-refractivity contribution < 1.29 is 4.79 Å². The standard InChI is InChI=1S/C14H15ClN4O/c1-8-4-5-11(7-12(8)15)18-14(20)19-13-6-9(2)16-10(3)17-13/h4-7H,1-3H3,(H2,16,17,18,19,20). The molecule has 0 aliphatic carbocycles. The lowest BCUT2D eigenvalue weighted by molar-refractivity contribution is 0.262. The molecule has 2 rings (SSSR count). The maximum absolute atomic E-state index is 11.9. The highest BCUT2D eigenvalue weighted by Gasteiger charge is 2.06. The fourth-order valence-electron chi connectivity index (χ4n) is 1.73. The number of carbonyl (C=O) groups excluding carboxylic acids is 1. The molecule has 104 valence electrons. The van der Waals surface area contributed by atoms with Crippen molar-refractivity contribution in [3.05, 3.63) is 46.4 Å². The lowest BCUT2D eigenvalue weighted by Crippen LogP contribution is -2.20. The maximum Gasteiger partial charge on any atom is 0.324 e. The summed E-state index contributed by atoms with van der Waals surface area (Å²) >= 11 is 6.01. The molecule has 0 fully saturated rings. The van der Waals surface area contributed by atoms with Crippen LogP contribution in [-0.4, -0.2) is 16.0 Å². The van der Waals surface area contributed by atoms with Crippen LogP contribution in [0.2, 0.25) is 5.02 Å². The van der Waals surface area contributed by atoms with Gasteiger partial charge in [0, 0.05) is 22.5 Å². The van der Waals surface area contributed by atoms with Gasteiger partial charge in [-0.1, -0.05) is 17.7 Å². The minimum Gasteiger partial charge on any atom is -0.308 e. The van der Waals surface area contributed by atoms with Crippen molar-refractivity contribution >= 4 is 29.1 Å². The first-order valence-electron chi connectivity index (χ1n) is 6.10. The van der Waals surface area contributed by atoms with Gasteiger partial charge in [0.2, 0.25) is 0 Å². The van der Waals surface area contributed by atoms with Crippen LogP contribution in [-0.2, 0) is 0 Å². The molecule has 1 aromatic heterocycles. The van der Waals surface area contributed by atoms with Crippen molar-refractivity contribution in [2.45, 2.75) is 20.8 Å². The molecule has 0 aliphatic rings. The molecule has 0 spiro atoms. The molecule has 20 heavy (non-hydrogen) atoms. The smallest absolute Gasteiger partial charge is 0.308 e. The van der Waals surface area contributed by atoms with E-state index in [1.807, 2.05) is 19.9 Å². The molecule has 5 nitrogen and oxygen atoms in total. The Kier molecular flexibility index (Phi) is 4.20. The monoisotopic (exact) mass is 290 g/mol. The molecular weight excluding hydrogens is 276 g/mol. The van der Waals surface area contributed by atoms with E-state index >= 15 is 0 Å². The summed E-state index contributed by atoms with van der Waals surface area (Å²) in [6, 6.07) is 6.66. The quantitative estimate of drug-likeness (QED) is 0.886. The molecule has 0 bridgehead atoms. The summed E-state index contributed by atoms with van der Waals surface area (Å²) in [6.45, 7) is 5.52. The normalized spacial score (nSPS) is 10.2. The molecule has 0 saturated heterocycles. The summed E-state index contributed by atoms with van der Waals surface area (Å²) in [7, 11) is 0. The average Bonchev–Trinajstić information content (AvgIpc) is 2.32. The second-order valence-corrected chi connectivity index (χ2v) is 4.89. The van der Waals surface area contributed by atoms with Crippen molar-refractivity contribution in [1.82, 2.24) is 9.97 Å². The molecular formula is C14H15ClN4O. The van der Waals surface area contributed by atoms with E-state index < -0.39 is 0 Å². The molecule has 0 aliphatic heterocycles. The van der Waals surface area contributed by atoms with Gasteiger partial charge in [-0.05, 0) is 38.5 Å². The fourth-order valence-corrected chi connectivity index (χ4v) is 1.91. The Hall–Kier alpha value is -2.14. The third kappa shape index (κ3) is 3.68. The van der Waals surface area contributed by atoms with Gasteiger partial charge in [0.25, 0.3) is 0 Å². The van der Waals surface area contributed by atoms with Crippen LogP contribution < -0.4 is 10.6 Å². The van der Waals surface area contributed by atoms with Crippen LogP contribution >= 0.6 is 11.6 Å². The largest absolute Gasteiger partial charge is 0.324 e. The van der Waals surface area contributed by atoms with E-state index in [0.717, 1.165) is 11.3 Å². The van der Waals surface area contributed by atoms with E-state index in [1.165, 1.54) is 0 Å². The molecule has 0 atom stereocenters. The van der Waals surface area contributed by atoms with Crippen molar-refractivity contribution in [1.29, 1.82) is 0 Å².